The van der Waals surface area contributed by atoms with Gasteiger partial charge in [-0.15, -0.1) is 0 Å². The maximum Gasteiger partial charge on any atom is 0.337 e. The molecule has 0 spiro atoms. The Hall–Kier alpha value is -1.55. The molecule has 0 aliphatic heterocycles. The predicted molar refractivity (Wildman–Crippen MR) is 117 cm³/mol. The molecule has 3 amide bonds. The number of aromatic nitrogens is 2. The SMILES string of the molecule is CSCCc1nc(SC(C)C(=O)NNC(=O)Nc2ccc(Cl)c(Cl)c2)[nH]c1C. The molecule has 152 valence electrons. The van der Waals surface area contributed by atoms with E-state index in [2.05, 4.69) is 32.4 Å². The predicted octanol–water partition coefficient (Wildman–Crippen LogP) is 4.26. The molecule has 2 rings (SSSR count). The number of hydrogen-bond donors (Lipinski definition) is 4. The van der Waals surface area contributed by atoms with Crippen LogP contribution < -0.4 is 16.2 Å². The maximum absolute atomic E-state index is 12.2. The first kappa shape index (κ1) is 22.7. The molecule has 1 aromatic heterocycles. The first-order valence-electron chi connectivity index (χ1n) is 8.33. The number of nitrogens with zero attached hydrogens (tertiary/aromatic N) is 1. The van der Waals surface area contributed by atoms with Crippen LogP contribution in [0.2, 0.25) is 10.0 Å². The monoisotopic (exact) mass is 461 g/mol. The minimum absolute atomic E-state index is 0.319. The third-order valence-corrected chi connectivity index (χ3v) is 5.98. The summed E-state index contributed by atoms with van der Waals surface area (Å²) in [5.41, 5.74) is 7.14. The lowest BCUT2D eigenvalue weighted by Gasteiger charge is -2.12. The van der Waals surface area contributed by atoms with Gasteiger partial charge in [-0.2, -0.15) is 11.8 Å². The molecule has 1 heterocycles. The zero-order valence-corrected chi connectivity index (χ0v) is 18.7. The van der Waals surface area contributed by atoms with Crippen LogP contribution in [0, 0.1) is 6.92 Å². The molecular weight excluding hydrogens is 441 g/mol. The summed E-state index contributed by atoms with van der Waals surface area (Å²) in [7, 11) is 0. The summed E-state index contributed by atoms with van der Waals surface area (Å²) in [6.07, 6.45) is 2.93. The van der Waals surface area contributed by atoms with Crippen molar-refractivity contribution >= 4 is 64.4 Å². The van der Waals surface area contributed by atoms with Crippen molar-refractivity contribution < 1.29 is 9.59 Å². The van der Waals surface area contributed by atoms with E-state index in [0.717, 1.165) is 23.6 Å². The first-order valence-corrected chi connectivity index (χ1v) is 11.4. The number of H-pyrrole nitrogens is 1. The van der Waals surface area contributed by atoms with Crippen LogP contribution in [-0.2, 0) is 11.2 Å². The Bertz CT molecular complexity index is 847. The van der Waals surface area contributed by atoms with Crippen LogP contribution in [0.1, 0.15) is 18.3 Å². The largest absolute Gasteiger partial charge is 0.337 e. The standard InChI is InChI=1S/C17H21Cl2N5O2S2/c1-9-14(6-7-27-3)22-17(20-9)28-10(2)15(25)23-24-16(26)21-11-4-5-12(18)13(19)8-11/h4-5,8,10H,6-7H2,1-3H3,(H,20,22)(H,23,25)(H2,21,24,26). The van der Waals surface area contributed by atoms with Gasteiger partial charge in [0.05, 0.1) is 21.0 Å². The van der Waals surface area contributed by atoms with Gasteiger partial charge in [0.1, 0.15) is 0 Å². The molecular formula is C17H21Cl2N5O2S2. The van der Waals surface area contributed by atoms with Crippen LogP contribution in [0.5, 0.6) is 0 Å². The van der Waals surface area contributed by atoms with Gasteiger partial charge in [0, 0.05) is 17.8 Å². The van der Waals surface area contributed by atoms with Crippen molar-refractivity contribution in [2.75, 3.05) is 17.3 Å². The van der Waals surface area contributed by atoms with Crippen molar-refractivity contribution in [3.63, 3.8) is 0 Å². The van der Waals surface area contributed by atoms with Gasteiger partial charge in [0.2, 0.25) is 0 Å². The number of urea groups is 1. The summed E-state index contributed by atoms with van der Waals surface area (Å²) >= 11 is 14.8. The number of imidazole rings is 1. The number of halogens is 2. The van der Waals surface area contributed by atoms with Crippen LogP contribution in [-0.4, -0.2) is 39.2 Å². The number of thioether (sulfide) groups is 2. The van der Waals surface area contributed by atoms with Gasteiger partial charge in [-0.3, -0.25) is 10.2 Å². The number of benzene rings is 1. The highest BCUT2D eigenvalue weighted by Gasteiger charge is 2.18. The average molecular weight is 462 g/mol. The van der Waals surface area contributed by atoms with E-state index in [1.54, 1.807) is 30.8 Å². The molecule has 11 heteroatoms. The van der Waals surface area contributed by atoms with E-state index in [1.165, 1.54) is 17.8 Å². The summed E-state index contributed by atoms with van der Waals surface area (Å²) in [4.78, 5) is 31.8. The van der Waals surface area contributed by atoms with Crippen molar-refractivity contribution in [3.8, 4) is 0 Å². The smallest absolute Gasteiger partial charge is 0.337 e. The summed E-state index contributed by atoms with van der Waals surface area (Å²) in [6.45, 7) is 3.70. The Labute approximate surface area is 182 Å². The number of hydrazine groups is 1. The van der Waals surface area contributed by atoms with Crippen molar-refractivity contribution in [1.82, 2.24) is 20.8 Å². The molecule has 7 nitrogen and oxygen atoms in total. The molecule has 0 radical (unpaired) electrons. The molecule has 0 bridgehead atoms. The zero-order chi connectivity index (χ0) is 20.7. The van der Waals surface area contributed by atoms with Crippen LogP contribution in [0.3, 0.4) is 0 Å². The number of carbonyl (C=O) groups is 2. The molecule has 1 aromatic carbocycles. The summed E-state index contributed by atoms with van der Waals surface area (Å²) in [6, 6.07) is 4.08. The van der Waals surface area contributed by atoms with Crippen molar-refractivity contribution in [2.24, 2.45) is 0 Å². The highest BCUT2D eigenvalue weighted by atomic mass is 35.5. The van der Waals surface area contributed by atoms with Crippen LogP contribution in [0.15, 0.2) is 23.4 Å². The minimum atomic E-state index is -0.600. The lowest BCUT2D eigenvalue weighted by molar-refractivity contribution is -0.120. The van der Waals surface area contributed by atoms with E-state index < -0.39 is 11.3 Å². The third kappa shape index (κ3) is 6.80. The van der Waals surface area contributed by atoms with Gasteiger partial charge in [-0.1, -0.05) is 35.0 Å². The summed E-state index contributed by atoms with van der Waals surface area (Å²) in [5, 5.41) is 3.48. The number of anilines is 1. The Morgan fingerprint density at radius 1 is 1.25 bits per heavy atom. The number of nitrogens with one attached hydrogen (secondary N) is 4. The molecule has 2 aromatic rings. The fourth-order valence-corrected chi connectivity index (χ4v) is 3.71. The topological polar surface area (TPSA) is 98.9 Å². The molecule has 0 saturated carbocycles. The fourth-order valence-electron chi connectivity index (χ4n) is 2.14. The number of hydrogen-bond acceptors (Lipinski definition) is 5. The normalized spacial score (nSPS) is 11.8. The van der Waals surface area contributed by atoms with E-state index in [0.29, 0.717) is 20.9 Å². The first-order chi connectivity index (χ1) is 13.3. The third-order valence-electron chi connectivity index (χ3n) is 3.64. The molecule has 1 unspecified atom stereocenters. The van der Waals surface area contributed by atoms with E-state index in [1.807, 2.05) is 6.92 Å². The Morgan fingerprint density at radius 2 is 2.00 bits per heavy atom. The molecule has 4 N–H and O–H groups in total. The van der Waals surface area contributed by atoms with Gasteiger partial charge < -0.3 is 10.3 Å². The summed E-state index contributed by atoms with van der Waals surface area (Å²) in [5.74, 6) is 0.637. The quantitative estimate of drug-likeness (QED) is 0.364. The number of carbonyl (C=O) groups excluding carboxylic acids is 2. The highest BCUT2D eigenvalue weighted by Crippen LogP contribution is 2.25. The van der Waals surface area contributed by atoms with E-state index in [4.69, 9.17) is 23.2 Å². The van der Waals surface area contributed by atoms with Gasteiger partial charge in [-0.05, 0) is 44.1 Å². The molecule has 1 atom stereocenters. The number of rotatable bonds is 7. The second-order valence-corrected chi connectivity index (χ2v) is 8.94. The van der Waals surface area contributed by atoms with Gasteiger partial charge in [0.25, 0.3) is 5.91 Å². The average Bonchev–Trinajstić information content (AvgIpc) is 3.00. The fraction of sp³-hybridized carbons (Fsp3) is 0.353. The molecule has 0 aliphatic carbocycles. The van der Waals surface area contributed by atoms with Gasteiger partial charge in [0.15, 0.2) is 5.16 Å². The van der Waals surface area contributed by atoms with Gasteiger partial charge in [-0.25, -0.2) is 15.2 Å². The number of aromatic amines is 1. The molecule has 0 aliphatic rings. The maximum atomic E-state index is 12.2. The Balaban J connectivity index is 1.81. The van der Waals surface area contributed by atoms with Crippen LogP contribution in [0.4, 0.5) is 10.5 Å². The van der Waals surface area contributed by atoms with Gasteiger partial charge >= 0.3 is 6.03 Å². The van der Waals surface area contributed by atoms with E-state index in [9.17, 15) is 9.59 Å². The lowest BCUT2D eigenvalue weighted by Crippen LogP contribution is -2.46. The minimum Gasteiger partial charge on any atom is -0.337 e. The molecule has 0 fully saturated rings. The number of amides is 3. The van der Waals surface area contributed by atoms with E-state index >= 15 is 0 Å². The van der Waals surface area contributed by atoms with Crippen LogP contribution in [0.25, 0.3) is 0 Å². The highest BCUT2D eigenvalue weighted by molar-refractivity contribution is 8.00. The molecule has 0 saturated heterocycles. The van der Waals surface area contributed by atoms with Crippen molar-refractivity contribution in [3.05, 3.63) is 39.6 Å². The van der Waals surface area contributed by atoms with Crippen LogP contribution >= 0.6 is 46.7 Å². The Morgan fingerprint density at radius 3 is 2.68 bits per heavy atom. The Kier molecular flexibility index (Phi) is 8.81. The van der Waals surface area contributed by atoms with Crippen molar-refractivity contribution in [2.45, 2.75) is 30.7 Å². The van der Waals surface area contributed by atoms with E-state index in [-0.39, 0.29) is 5.91 Å². The second-order valence-electron chi connectivity index (χ2n) is 5.81. The summed E-state index contributed by atoms with van der Waals surface area (Å²) < 4.78 is 0. The number of aryl methyl sites for hydroxylation is 2. The van der Waals surface area contributed by atoms with Crippen molar-refractivity contribution in [1.29, 1.82) is 0 Å². The zero-order valence-electron chi connectivity index (χ0n) is 15.6. The lowest BCUT2D eigenvalue weighted by atomic mass is 10.3. The second kappa shape index (κ2) is 10.8. The molecule has 28 heavy (non-hydrogen) atoms.